The van der Waals surface area contributed by atoms with Crippen LogP contribution in [0.2, 0.25) is 0 Å². The van der Waals surface area contributed by atoms with Gasteiger partial charge in [0.2, 0.25) is 5.91 Å². The molecule has 6 nitrogen and oxygen atoms in total. The third-order valence-electron chi connectivity index (χ3n) is 2.50. The number of nitrogens with one attached hydrogen (secondary N) is 3. The monoisotopic (exact) mass is 264 g/mol. The molecule has 0 spiro atoms. The number of imide groups is 1. The number of carbonyl (C=O) groups excluding carboxylic acids is 2. The fourth-order valence-corrected chi connectivity index (χ4v) is 1.47. The van der Waals surface area contributed by atoms with E-state index in [0.29, 0.717) is 13.1 Å². The number of carbonyl (C=O) groups is 2. The Bertz CT molecular complexity index is 448. The van der Waals surface area contributed by atoms with Crippen molar-refractivity contribution in [3.8, 4) is 0 Å². The van der Waals surface area contributed by atoms with Crippen LogP contribution in [-0.2, 0) is 11.3 Å². The molecule has 1 aromatic rings. The van der Waals surface area contributed by atoms with E-state index < -0.39 is 12.1 Å². The van der Waals surface area contributed by atoms with Crippen molar-refractivity contribution in [3.63, 3.8) is 0 Å². The first-order valence-corrected chi connectivity index (χ1v) is 6.27. The van der Waals surface area contributed by atoms with Gasteiger partial charge in [0.25, 0.3) is 0 Å². The summed E-state index contributed by atoms with van der Waals surface area (Å²) in [6.45, 7) is 6.36. The maximum Gasteiger partial charge on any atom is 0.321 e. The van der Waals surface area contributed by atoms with E-state index >= 15 is 0 Å². The third kappa shape index (κ3) is 5.48. The number of rotatable bonds is 5. The first kappa shape index (κ1) is 15.1. The average molecular weight is 264 g/mol. The van der Waals surface area contributed by atoms with Crippen molar-refractivity contribution in [2.45, 2.75) is 33.4 Å². The minimum absolute atomic E-state index is 0.362. The van der Waals surface area contributed by atoms with E-state index in [1.54, 1.807) is 13.8 Å². The van der Waals surface area contributed by atoms with Gasteiger partial charge < -0.3 is 10.6 Å². The van der Waals surface area contributed by atoms with Gasteiger partial charge >= 0.3 is 6.03 Å². The maximum atomic E-state index is 11.7. The van der Waals surface area contributed by atoms with E-state index in [2.05, 4.69) is 20.9 Å². The first-order valence-electron chi connectivity index (χ1n) is 6.27. The summed E-state index contributed by atoms with van der Waals surface area (Å²) in [5, 5.41) is 7.78. The molecule has 0 bridgehead atoms. The third-order valence-corrected chi connectivity index (χ3v) is 2.50. The maximum absolute atomic E-state index is 11.7. The minimum Gasteiger partial charge on any atom is -0.338 e. The predicted molar refractivity (Wildman–Crippen MR) is 72.5 cm³/mol. The summed E-state index contributed by atoms with van der Waals surface area (Å²) >= 11 is 0. The number of aromatic nitrogens is 1. The minimum atomic E-state index is -0.477. The predicted octanol–water partition coefficient (Wildman–Crippen LogP) is 0.714. The lowest BCUT2D eigenvalue weighted by Crippen LogP contribution is -2.47. The van der Waals surface area contributed by atoms with Crippen molar-refractivity contribution < 1.29 is 9.59 Å². The lowest BCUT2D eigenvalue weighted by molar-refractivity contribution is -0.121. The molecule has 1 heterocycles. The summed E-state index contributed by atoms with van der Waals surface area (Å²) < 4.78 is 0. The summed E-state index contributed by atoms with van der Waals surface area (Å²) in [6.07, 6.45) is 0. The highest BCUT2D eigenvalue weighted by atomic mass is 16.2. The van der Waals surface area contributed by atoms with Crippen LogP contribution >= 0.6 is 0 Å². The number of hydrogen-bond acceptors (Lipinski definition) is 4. The topological polar surface area (TPSA) is 83.1 Å². The molecule has 0 aliphatic carbocycles. The Labute approximate surface area is 113 Å². The highest BCUT2D eigenvalue weighted by molar-refractivity contribution is 5.96. The second-order valence-corrected chi connectivity index (χ2v) is 4.22. The molecule has 3 amide bonds. The van der Waals surface area contributed by atoms with Crippen LogP contribution in [0.4, 0.5) is 4.79 Å². The second kappa shape index (κ2) is 7.48. The van der Waals surface area contributed by atoms with Crippen molar-refractivity contribution in [3.05, 3.63) is 29.6 Å². The largest absolute Gasteiger partial charge is 0.338 e. The molecule has 1 unspecified atom stereocenters. The molecule has 0 fully saturated rings. The Morgan fingerprint density at radius 1 is 1.37 bits per heavy atom. The van der Waals surface area contributed by atoms with Crippen LogP contribution in [-0.4, -0.2) is 29.5 Å². The number of nitrogens with zero attached hydrogens (tertiary/aromatic N) is 1. The first-order chi connectivity index (χ1) is 9.02. The van der Waals surface area contributed by atoms with E-state index in [-0.39, 0.29) is 5.91 Å². The number of hydrogen-bond donors (Lipinski definition) is 3. The van der Waals surface area contributed by atoms with Gasteiger partial charge in [-0.2, -0.15) is 0 Å². The lowest BCUT2D eigenvalue weighted by Gasteiger charge is -2.13. The van der Waals surface area contributed by atoms with Gasteiger partial charge in [-0.05, 0) is 32.9 Å². The fourth-order valence-electron chi connectivity index (χ4n) is 1.47. The summed E-state index contributed by atoms with van der Waals surface area (Å²) in [6, 6.07) is 4.77. The Balaban J connectivity index is 2.40. The van der Waals surface area contributed by atoms with Gasteiger partial charge in [0.15, 0.2) is 0 Å². The normalized spacial score (nSPS) is 11.7. The smallest absolute Gasteiger partial charge is 0.321 e. The molecule has 3 N–H and O–H groups in total. The number of urea groups is 1. The van der Waals surface area contributed by atoms with Gasteiger partial charge in [-0.25, -0.2) is 4.79 Å². The van der Waals surface area contributed by atoms with Crippen LogP contribution in [0.25, 0.3) is 0 Å². The molecule has 0 saturated carbocycles. The Morgan fingerprint density at radius 2 is 2.11 bits per heavy atom. The van der Waals surface area contributed by atoms with E-state index in [0.717, 1.165) is 11.4 Å². The molecule has 1 atom stereocenters. The molecule has 6 heteroatoms. The van der Waals surface area contributed by atoms with Gasteiger partial charge in [-0.1, -0.05) is 6.07 Å². The van der Waals surface area contributed by atoms with Gasteiger partial charge in [-0.15, -0.1) is 0 Å². The van der Waals surface area contributed by atoms with Crippen molar-refractivity contribution in [1.29, 1.82) is 0 Å². The molecule has 0 aliphatic rings. The number of amides is 3. The SMILES string of the molecule is CCNC(=O)NC(=O)C(C)NCc1cccc(C)n1. The molecule has 1 rings (SSSR count). The molecule has 104 valence electrons. The zero-order valence-electron chi connectivity index (χ0n) is 11.5. The number of pyridine rings is 1. The second-order valence-electron chi connectivity index (χ2n) is 4.22. The average Bonchev–Trinajstić information content (AvgIpc) is 2.36. The fraction of sp³-hybridized carbons (Fsp3) is 0.462. The van der Waals surface area contributed by atoms with Gasteiger partial charge in [0.1, 0.15) is 0 Å². The Hall–Kier alpha value is -1.95. The van der Waals surface area contributed by atoms with Crippen molar-refractivity contribution in [2.24, 2.45) is 0 Å². The van der Waals surface area contributed by atoms with Crippen LogP contribution in [0.1, 0.15) is 25.2 Å². The van der Waals surface area contributed by atoms with E-state index in [1.165, 1.54) is 0 Å². The summed E-state index contributed by atoms with van der Waals surface area (Å²) in [4.78, 5) is 27.2. The van der Waals surface area contributed by atoms with Crippen molar-refractivity contribution >= 4 is 11.9 Å². The van der Waals surface area contributed by atoms with Gasteiger partial charge in [0, 0.05) is 18.8 Å². The molecule has 0 saturated heterocycles. The summed E-state index contributed by atoms with van der Waals surface area (Å²) in [7, 11) is 0. The number of aryl methyl sites for hydroxylation is 1. The van der Waals surface area contributed by atoms with E-state index in [9.17, 15) is 9.59 Å². The van der Waals surface area contributed by atoms with Crippen LogP contribution in [0, 0.1) is 6.92 Å². The highest BCUT2D eigenvalue weighted by Gasteiger charge is 2.14. The van der Waals surface area contributed by atoms with Crippen molar-refractivity contribution in [2.75, 3.05) is 6.54 Å². The van der Waals surface area contributed by atoms with E-state index in [4.69, 9.17) is 0 Å². The van der Waals surface area contributed by atoms with E-state index in [1.807, 2.05) is 25.1 Å². The zero-order valence-corrected chi connectivity index (χ0v) is 11.5. The molecule has 0 radical (unpaired) electrons. The molecule has 19 heavy (non-hydrogen) atoms. The van der Waals surface area contributed by atoms with Crippen LogP contribution in [0.5, 0.6) is 0 Å². The summed E-state index contributed by atoms with van der Waals surface area (Å²) in [5.74, 6) is -0.362. The Morgan fingerprint density at radius 3 is 2.74 bits per heavy atom. The molecule has 0 aromatic carbocycles. The van der Waals surface area contributed by atoms with Gasteiger partial charge in [-0.3, -0.25) is 15.1 Å². The standard InChI is InChI=1S/C13H20N4O2/c1-4-14-13(19)17-12(18)10(3)15-8-11-7-5-6-9(2)16-11/h5-7,10,15H,4,8H2,1-3H3,(H2,14,17,18,19). The van der Waals surface area contributed by atoms with Crippen LogP contribution in [0.3, 0.4) is 0 Å². The highest BCUT2D eigenvalue weighted by Crippen LogP contribution is 1.98. The van der Waals surface area contributed by atoms with Crippen LogP contribution in [0.15, 0.2) is 18.2 Å². The molecular formula is C13H20N4O2. The molecule has 1 aromatic heterocycles. The van der Waals surface area contributed by atoms with Crippen molar-refractivity contribution in [1.82, 2.24) is 20.9 Å². The molecular weight excluding hydrogens is 244 g/mol. The van der Waals surface area contributed by atoms with Crippen LogP contribution < -0.4 is 16.0 Å². The van der Waals surface area contributed by atoms with Gasteiger partial charge in [0.05, 0.1) is 11.7 Å². The lowest BCUT2D eigenvalue weighted by atomic mass is 10.2. The molecule has 0 aliphatic heterocycles. The summed E-state index contributed by atoms with van der Waals surface area (Å²) in [5.41, 5.74) is 1.79. The quantitative estimate of drug-likeness (QED) is 0.731. The zero-order chi connectivity index (χ0) is 14.3. The Kier molecular flexibility index (Phi) is 5.95.